The maximum absolute atomic E-state index is 6.15. The van der Waals surface area contributed by atoms with Gasteiger partial charge >= 0.3 is 0 Å². The summed E-state index contributed by atoms with van der Waals surface area (Å²) in [6.07, 6.45) is 0. The Hall–Kier alpha value is -1.54. The molecule has 3 rings (SSSR count). The molecule has 18 heavy (non-hydrogen) atoms. The van der Waals surface area contributed by atoms with E-state index in [1.54, 1.807) is 7.11 Å². The van der Waals surface area contributed by atoms with Gasteiger partial charge in [0, 0.05) is 12.0 Å². The zero-order valence-corrected chi connectivity index (χ0v) is 11.1. The van der Waals surface area contributed by atoms with Crippen molar-refractivity contribution in [1.29, 1.82) is 0 Å². The minimum Gasteiger partial charge on any atom is -0.497 e. The average Bonchev–Trinajstić information content (AvgIpc) is 2.87. The van der Waals surface area contributed by atoms with Gasteiger partial charge < -0.3 is 10.5 Å². The van der Waals surface area contributed by atoms with Crippen molar-refractivity contribution in [3.8, 4) is 5.75 Å². The number of hydrogen-bond acceptors (Lipinski definition) is 2. The summed E-state index contributed by atoms with van der Waals surface area (Å²) < 4.78 is 5.24. The van der Waals surface area contributed by atoms with E-state index < -0.39 is 0 Å². The van der Waals surface area contributed by atoms with Crippen LogP contribution >= 0.6 is 0 Å². The number of rotatable bonds is 2. The van der Waals surface area contributed by atoms with Crippen LogP contribution in [-0.4, -0.2) is 13.2 Å². The monoisotopic (exact) mass is 241 g/mol. The van der Waals surface area contributed by atoms with E-state index >= 15 is 0 Å². The minimum absolute atomic E-state index is 0.236. The van der Waals surface area contributed by atoms with E-state index in [-0.39, 0.29) is 11.5 Å². The van der Waals surface area contributed by atoms with Crippen molar-refractivity contribution in [2.75, 3.05) is 7.11 Å². The standard InChI is InChI=1S/C16H19NO/c1-16(2)14(15(16)17)12-5-4-11-9-13(18-3)7-6-10(11)8-12/h4-9,14-15H,17H2,1-3H3/t14-,15-/m0/s1. The van der Waals surface area contributed by atoms with Crippen molar-refractivity contribution in [1.82, 2.24) is 0 Å². The highest BCUT2D eigenvalue weighted by atomic mass is 16.5. The van der Waals surface area contributed by atoms with Gasteiger partial charge in [0.05, 0.1) is 7.11 Å². The molecule has 2 aromatic rings. The number of nitrogens with two attached hydrogens (primary N) is 1. The van der Waals surface area contributed by atoms with Gasteiger partial charge in [0.25, 0.3) is 0 Å². The summed E-state index contributed by atoms with van der Waals surface area (Å²) in [5.41, 5.74) is 7.73. The Morgan fingerprint density at radius 1 is 1.06 bits per heavy atom. The molecule has 2 N–H and O–H groups in total. The van der Waals surface area contributed by atoms with Crippen LogP contribution in [0.2, 0.25) is 0 Å². The predicted molar refractivity (Wildman–Crippen MR) is 75.0 cm³/mol. The Kier molecular flexibility index (Phi) is 2.39. The Labute approximate surface area is 108 Å². The molecule has 94 valence electrons. The van der Waals surface area contributed by atoms with Gasteiger partial charge in [0.1, 0.15) is 5.75 Å². The normalized spacial score (nSPS) is 25.1. The Balaban J connectivity index is 2.03. The molecule has 0 saturated heterocycles. The van der Waals surface area contributed by atoms with E-state index in [1.165, 1.54) is 16.3 Å². The molecule has 0 radical (unpaired) electrons. The second-order valence-electron chi connectivity index (χ2n) is 5.80. The number of hydrogen-bond donors (Lipinski definition) is 1. The van der Waals surface area contributed by atoms with Crippen LogP contribution in [0.5, 0.6) is 5.75 Å². The van der Waals surface area contributed by atoms with Gasteiger partial charge in [0.15, 0.2) is 0 Å². The minimum atomic E-state index is 0.236. The molecule has 0 amide bonds. The fourth-order valence-corrected chi connectivity index (χ4v) is 2.88. The van der Waals surface area contributed by atoms with Gasteiger partial charge in [-0.2, -0.15) is 0 Å². The summed E-state index contributed by atoms with van der Waals surface area (Å²) in [7, 11) is 1.70. The number of ether oxygens (including phenoxy) is 1. The Bertz CT molecular complexity index is 603. The molecule has 2 aromatic carbocycles. The predicted octanol–water partition coefficient (Wildman–Crippen LogP) is 3.30. The number of fused-ring (bicyclic) bond motifs is 1. The van der Waals surface area contributed by atoms with Gasteiger partial charge in [0.2, 0.25) is 0 Å². The lowest BCUT2D eigenvalue weighted by Gasteiger charge is -2.06. The molecule has 0 spiro atoms. The number of benzene rings is 2. The molecule has 0 aliphatic heterocycles. The Morgan fingerprint density at radius 3 is 2.28 bits per heavy atom. The average molecular weight is 241 g/mol. The molecular weight excluding hydrogens is 222 g/mol. The summed E-state index contributed by atoms with van der Waals surface area (Å²) in [4.78, 5) is 0. The molecule has 1 aliphatic rings. The highest BCUT2D eigenvalue weighted by Crippen LogP contribution is 2.57. The molecule has 0 bridgehead atoms. The molecule has 2 atom stereocenters. The lowest BCUT2D eigenvalue weighted by atomic mass is 10.00. The quantitative estimate of drug-likeness (QED) is 0.875. The third kappa shape index (κ3) is 1.60. The van der Waals surface area contributed by atoms with Crippen LogP contribution in [0.15, 0.2) is 36.4 Å². The van der Waals surface area contributed by atoms with Crippen molar-refractivity contribution < 1.29 is 4.74 Å². The van der Waals surface area contributed by atoms with Crippen molar-refractivity contribution in [3.63, 3.8) is 0 Å². The first-order chi connectivity index (χ1) is 8.54. The van der Waals surface area contributed by atoms with Crippen molar-refractivity contribution >= 4 is 10.8 Å². The van der Waals surface area contributed by atoms with E-state index in [0.29, 0.717) is 5.92 Å². The first-order valence-electron chi connectivity index (χ1n) is 6.37. The van der Waals surface area contributed by atoms with Crippen LogP contribution in [0, 0.1) is 5.41 Å². The van der Waals surface area contributed by atoms with Gasteiger partial charge in [-0.1, -0.05) is 38.1 Å². The molecule has 1 fully saturated rings. The second kappa shape index (κ2) is 3.72. The SMILES string of the molecule is COc1ccc2cc([C@H]3[C@H](N)C3(C)C)ccc2c1. The van der Waals surface area contributed by atoms with Crippen molar-refractivity contribution in [2.24, 2.45) is 11.1 Å². The zero-order chi connectivity index (χ0) is 12.9. The van der Waals surface area contributed by atoms with Crippen LogP contribution < -0.4 is 10.5 Å². The van der Waals surface area contributed by atoms with Crippen LogP contribution in [0.3, 0.4) is 0 Å². The van der Waals surface area contributed by atoms with Crippen LogP contribution in [0.25, 0.3) is 10.8 Å². The molecule has 1 saturated carbocycles. The first kappa shape index (κ1) is 11.5. The van der Waals surface area contributed by atoms with Crippen molar-refractivity contribution in [3.05, 3.63) is 42.0 Å². The van der Waals surface area contributed by atoms with Gasteiger partial charge in [-0.15, -0.1) is 0 Å². The van der Waals surface area contributed by atoms with E-state index in [9.17, 15) is 0 Å². The maximum atomic E-state index is 6.15. The number of methoxy groups -OCH3 is 1. The van der Waals surface area contributed by atoms with Crippen LogP contribution in [0.1, 0.15) is 25.3 Å². The molecular formula is C16H19NO. The highest BCUT2D eigenvalue weighted by Gasteiger charge is 2.56. The van der Waals surface area contributed by atoms with E-state index in [2.05, 4.69) is 44.2 Å². The van der Waals surface area contributed by atoms with Crippen molar-refractivity contribution in [2.45, 2.75) is 25.8 Å². The largest absolute Gasteiger partial charge is 0.497 e. The third-order valence-corrected chi connectivity index (χ3v) is 4.34. The van der Waals surface area contributed by atoms with Crippen LogP contribution in [0.4, 0.5) is 0 Å². The molecule has 2 nitrogen and oxygen atoms in total. The van der Waals surface area contributed by atoms with Gasteiger partial charge in [-0.25, -0.2) is 0 Å². The lowest BCUT2D eigenvalue weighted by Crippen LogP contribution is -2.06. The third-order valence-electron chi connectivity index (χ3n) is 4.34. The summed E-state index contributed by atoms with van der Waals surface area (Å²) >= 11 is 0. The topological polar surface area (TPSA) is 35.2 Å². The lowest BCUT2D eigenvalue weighted by molar-refractivity contribution is 0.415. The smallest absolute Gasteiger partial charge is 0.119 e. The van der Waals surface area contributed by atoms with E-state index in [1.807, 2.05) is 6.07 Å². The maximum Gasteiger partial charge on any atom is 0.119 e. The van der Waals surface area contributed by atoms with Gasteiger partial charge in [-0.3, -0.25) is 0 Å². The first-order valence-corrected chi connectivity index (χ1v) is 6.37. The zero-order valence-electron chi connectivity index (χ0n) is 11.1. The molecule has 0 aromatic heterocycles. The Morgan fingerprint density at radius 2 is 1.67 bits per heavy atom. The van der Waals surface area contributed by atoms with E-state index in [4.69, 9.17) is 10.5 Å². The highest BCUT2D eigenvalue weighted by molar-refractivity contribution is 5.84. The fourth-order valence-electron chi connectivity index (χ4n) is 2.88. The molecule has 0 unspecified atom stereocenters. The summed E-state index contributed by atoms with van der Waals surface area (Å²) in [5.74, 6) is 1.39. The van der Waals surface area contributed by atoms with E-state index in [0.717, 1.165) is 5.75 Å². The summed E-state index contributed by atoms with van der Waals surface area (Å²) in [6, 6.07) is 13.1. The fraction of sp³-hybridized carbons (Fsp3) is 0.375. The molecule has 2 heteroatoms. The summed E-state index contributed by atoms with van der Waals surface area (Å²) in [6.45, 7) is 4.47. The second-order valence-corrected chi connectivity index (χ2v) is 5.80. The van der Waals surface area contributed by atoms with Crippen LogP contribution in [-0.2, 0) is 0 Å². The molecule has 1 aliphatic carbocycles. The molecule has 0 heterocycles. The summed E-state index contributed by atoms with van der Waals surface area (Å²) in [5, 5.41) is 2.47. The van der Waals surface area contributed by atoms with Gasteiger partial charge in [-0.05, 0) is 33.9 Å².